The van der Waals surface area contributed by atoms with Crippen molar-refractivity contribution < 1.29 is 31.1 Å². The fourth-order valence-electron chi connectivity index (χ4n) is 3.42. The number of benzene rings is 2. The average molecular weight is 548 g/mol. The number of sulfonamides is 2. The Morgan fingerprint density at radius 1 is 1.00 bits per heavy atom. The summed E-state index contributed by atoms with van der Waals surface area (Å²) in [7, 11) is -7.77. The number of aromatic nitrogens is 2. The molecule has 0 aliphatic carbocycles. The van der Waals surface area contributed by atoms with E-state index in [9.17, 15) is 21.6 Å². The predicted octanol–water partition coefficient (Wildman–Crippen LogP) is 2.15. The first-order valence-corrected chi connectivity index (χ1v) is 14.3. The lowest BCUT2D eigenvalue weighted by molar-refractivity contribution is -0.114. The Bertz CT molecular complexity index is 1510. The number of hydrogen-bond donors (Lipinski definition) is 2. The standard InChI is InChI=1S/C23H25N5O7S2/c1-3-36(30,31)28(18-6-9-20-21(14-18)35-13-12-34-20)15-22(29)26-17-4-7-19(8-5-17)37(32,33)27-23-24-11-10-16(2)25-23/h4-11,14H,3,12-13,15H2,1-2H3,(H,26,29)(H,24,25,27). The van der Waals surface area contributed by atoms with Crippen LogP contribution in [0.15, 0.2) is 59.6 Å². The molecule has 2 heterocycles. The van der Waals surface area contributed by atoms with E-state index in [2.05, 4.69) is 20.0 Å². The number of rotatable bonds is 9. The highest BCUT2D eigenvalue weighted by Gasteiger charge is 2.25. The first kappa shape index (κ1) is 26.2. The lowest BCUT2D eigenvalue weighted by Gasteiger charge is -2.25. The fraction of sp³-hybridized carbons (Fsp3) is 0.261. The number of carbonyl (C=O) groups excluding carboxylic acids is 1. The Kier molecular flexibility index (Phi) is 7.50. The van der Waals surface area contributed by atoms with Crippen LogP contribution >= 0.6 is 0 Å². The largest absolute Gasteiger partial charge is 0.486 e. The number of carbonyl (C=O) groups is 1. The highest BCUT2D eigenvalue weighted by atomic mass is 32.2. The summed E-state index contributed by atoms with van der Waals surface area (Å²) < 4.78 is 65.1. The van der Waals surface area contributed by atoms with Crippen LogP contribution in [0.4, 0.5) is 17.3 Å². The van der Waals surface area contributed by atoms with Crippen LogP contribution in [0.1, 0.15) is 12.6 Å². The molecule has 4 rings (SSSR count). The molecular formula is C23H25N5O7S2. The molecule has 1 amide bonds. The molecule has 3 aromatic rings. The summed E-state index contributed by atoms with van der Waals surface area (Å²) in [4.78, 5) is 20.6. The third-order valence-electron chi connectivity index (χ3n) is 5.27. The Morgan fingerprint density at radius 2 is 1.70 bits per heavy atom. The zero-order valence-corrected chi connectivity index (χ0v) is 21.7. The predicted molar refractivity (Wildman–Crippen MR) is 137 cm³/mol. The van der Waals surface area contributed by atoms with Gasteiger partial charge in [0.15, 0.2) is 11.5 Å². The van der Waals surface area contributed by atoms with Crippen molar-refractivity contribution in [2.24, 2.45) is 0 Å². The number of anilines is 3. The smallest absolute Gasteiger partial charge is 0.264 e. The van der Waals surface area contributed by atoms with Gasteiger partial charge in [0.25, 0.3) is 10.0 Å². The van der Waals surface area contributed by atoms with Crippen LogP contribution in [0.3, 0.4) is 0 Å². The number of hydrogen-bond acceptors (Lipinski definition) is 9. The topological polar surface area (TPSA) is 157 Å². The van der Waals surface area contributed by atoms with Gasteiger partial charge in [-0.05, 0) is 56.3 Å². The third-order valence-corrected chi connectivity index (χ3v) is 8.36. The molecule has 2 aromatic carbocycles. The third kappa shape index (κ3) is 6.27. The molecule has 12 nitrogen and oxygen atoms in total. The quantitative estimate of drug-likeness (QED) is 0.410. The van der Waals surface area contributed by atoms with Crippen LogP contribution in [0.25, 0.3) is 0 Å². The van der Waals surface area contributed by atoms with Crippen molar-refractivity contribution in [2.75, 3.05) is 39.9 Å². The summed E-state index contributed by atoms with van der Waals surface area (Å²) in [6.07, 6.45) is 1.44. The van der Waals surface area contributed by atoms with Gasteiger partial charge in [0.05, 0.1) is 16.3 Å². The molecule has 1 aliphatic heterocycles. The monoisotopic (exact) mass is 547 g/mol. The Morgan fingerprint density at radius 3 is 2.38 bits per heavy atom. The van der Waals surface area contributed by atoms with E-state index in [1.54, 1.807) is 25.1 Å². The van der Waals surface area contributed by atoms with Crippen molar-refractivity contribution in [2.45, 2.75) is 18.7 Å². The molecule has 0 saturated heterocycles. The normalized spacial score (nSPS) is 13.0. The van der Waals surface area contributed by atoms with Gasteiger partial charge in [-0.3, -0.25) is 9.10 Å². The number of ether oxygens (including phenoxy) is 2. The number of nitrogens with one attached hydrogen (secondary N) is 2. The molecule has 0 saturated carbocycles. The molecule has 0 spiro atoms. The molecule has 0 atom stereocenters. The first-order chi connectivity index (χ1) is 17.6. The van der Waals surface area contributed by atoms with E-state index in [0.29, 0.717) is 30.4 Å². The summed E-state index contributed by atoms with van der Waals surface area (Å²) >= 11 is 0. The van der Waals surface area contributed by atoms with E-state index in [-0.39, 0.29) is 28.0 Å². The SMILES string of the molecule is CCS(=O)(=O)N(CC(=O)Nc1ccc(S(=O)(=O)Nc2nccc(C)n2)cc1)c1ccc2c(c1)OCCO2. The lowest BCUT2D eigenvalue weighted by atomic mass is 10.2. The number of amides is 1. The van der Waals surface area contributed by atoms with Crippen molar-refractivity contribution in [3.63, 3.8) is 0 Å². The second-order valence-electron chi connectivity index (χ2n) is 7.93. The molecular weight excluding hydrogens is 522 g/mol. The van der Waals surface area contributed by atoms with Crippen LogP contribution < -0.4 is 23.8 Å². The van der Waals surface area contributed by atoms with E-state index in [1.165, 1.54) is 43.5 Å². The van der Waals surface area contributed by atoms with E-state index < -0.39 is 32.5 Å². The maximum atomic E-state index is 12.8. The van der Waals surface area contributed by atoms with E-state index in [0.717, 1.165) is 4.31 Å². The molecule has 14 heteroatoms. The molecule has 0 bridgehead atoms. The number of aryl methyl sites for hydroxylation is 1. The molecule has 0 unspecified atom stereocenters. The zero-order valence-electron chi connectivity index (χ0n) is 20.0. The molecule has 1 aromatic heterocycles. The minimum Gasteiger partial charge on any atom is -0.486 e. The number of nitrogens with zero attached hydrogens (tertiary/aromatic N) is 3. The molecule has 2 N–H and O–H groups in total. The Balaban J connectivity index is 1.47. The summed E-state index contributed by atoms with van der Waals surface area (Å²) in [5, 5.41) is 2.60. The van der Waals surface area contributed by atoms with Crippen LogP contribution in [0.5, 0.6) is 11.5 Å². The Labute approximate surface area is 214 Å². The van der Waals surface area contributed by atoms with E-state index in [4.69, 9.17) is 9.47 Å². The van der Waals surface area contributed by atoms with E-state index >= 15 is 0 Å². The minimum atomic E-state index is -3.96. The highest BCUT2D eigenvalue weighted by Crippen LogP contribution is 2.34. The highest BCUT2D eigenvalue weighted by molar-refractivity contribution is 7.93. The van der Waals surface area contributed by atoms with Crippen LogP contribution in [-0.4, -0.2) is 58.2 Å². The van der Waals surface area contributed by atoms with Crippen molar-refractivity contribution in [1.82, 2.24) is 9.97 Å². The van der Waals surface area contributed by atoms with Gasteiger partial charge in [-0.25, -0.2) is 31.5 Å². The summed E-state index contributed by atoms with van der Waals surface area (Å²) in [6.45, 7) is 3.41. The van der Waals surface area contributed by atoms with Crippen molar-refractivity contribution in [3.8, 4) is 11.5 Å². The van der Waals surface area contributed by atoms with Crippen molar-refractivity contribution >= 4 is 43.3 Å². The molecule has 0 fully saturated rings. The van der Waals surface area contributed by atoms with E-state index in [1.807, 2.05) is 0 Å². The van der Waals surface area contributed by atoms with Gasteiger partial charge < -0.3 is 14.8 Å². The van der Waals surface area contributed by atoms with Gasteiger partial charge in [-0.1, -0.05) is 0 Å². The second-order valence-corrected chi connectivity index (χ2v) is 11.8. The molecule has 1 aliphatic rings. The van der Waals surface area contributed by atoms with Gasteiger partial charge in [0.1, 0.15) is 19.8 Å². The van der Waals surface area contributed by atoms with Gasteiger partial charge in [0, 0.05) is 23.6 Å². The molecule has 0 radical (unpaired) electrons. The van der Waals surface area contributed by atoms with Gasteiger partial charge in [-0.15, -0.1) is 0 Å². The van der Waals surface area contributed by atoms with Crippen LogP contribution in [0.2, 0.25) is 0 Å². The summed E-state index contributed by atoms with van der Waals surface area (Å²) in [6, 6.07) is 11.7. The number of fused-ring (bicyclic) bond motifs is 1. The second kappa shape index (κ2) is 10.6. The first-order valence-electron chi connectivity index (χ1n) is 11.2. The summed E-state index contributed by atoms with van der Waals surface area (Å²) in [5.41, 5.74) is 1.14. The summed E-state index contributed by atoms with van der Waals surface area (Å²) in [5.74, 6) is -0.0184. The maximum Gasteiger partial charge on any atom is 0.264 e. The molecule has 37 heavy (non-hydrogen) atoms. The average Bonchev–Trinajstić information content (AvgIpc) is 2.87. The molecule has 196 valence electrons. The van der Waals surface area contributed by atoms with Crippen LogP contribution in [-0.2, 0) is 24.8 Å². The fourth-order valence-corrected chi connectivity index (χ4v) is 5.43. The maximum absolute atomic E-state index is 12.8. The van der Waals surface area contributed by atoms with Crippen molar-refractivity contribution in [3.05, 3.63) is 60.4 Å². The minimum absolute atomic E-state index is 0.0613. The lowest BCUT2D eigenvalue weighted by Crippen LogP contribution is -2.39. The van der Waals surface area contributed by atoms with Crippen LogP contribution in [0, 0.1) is 6.92 Å². The van der Waals surface area contributed by atoms with Gasteiger partial charge in [0.2, 0.25) is 21.9 Å². The van der Waals surface area contributed by atoms with Gasteiger partial charge >= 0.3 is 0 Å². The zero-order chi connectivity index (χ0) is 26.6. The Hall–Kier alpha value is -3.91. The van der Waals surface area contributed by atoms with Crippen molar-refractivity contribution in [1.29, 1.82) is 0 Å². The van der Waals surface area contributed by atoms with Gasteiger partial charge in [-0.2, -0.15) is 0 Å².